The summed E-state index contributed by atoms with van der Waals surface area (Å²) < 4.78 is 7.34. The van der Waals surface area contributed by atoms with E-state index in [1.54, 1.807) is 23.0 Å². The van der Waals surface area contributed by atoms with Crippen molar-refractivity contribution >= 4 is 11.6 Å². The van der Waals surface area contributed by atoms with Gasteiger partial charge in [-0.3, -0.25) is 9.78 Å². The Kier molecular flexibility index (Phi) is 4.38. The fourth-order valence-electron chi connectivity index (χ4n) is 2.32. The van der Waals surface area contributed by atoms with Gasteiger partial charge in [0.05, 0.1) is 24.2 Å². The molecule has 5 heteroatoms. The van der Waals surface area contributed by atoms with Crippen LogP contribution in [0.4, 0.5) is 5.69 Å². The van der Waals surface area contributed by atoms with Gasteiger partial charge in [0.15, 0.2) is 0 Å². The molecule has 0 radical (unpaired) electrons. The molecule has 2 heterocycles. The zero-order chi connectivity index (χ0) is 16.1. The highest BCUT2D eigenvalue weighted by molar-refractivity contribution is 6.04. The number of anilines is 1. The number of amides is 1. The molecule has 5 nitrogen and oxygen atoms in total. The fraction of sp³-hybridized carbons (Fsp3) is 0.111. The first-order chi connectivity index (χ1) is 11.3. The summed E-state index contributed by atoms with van der Waals surface area (Å²) in [6.07, 6.45) is 5.25. The normalized spacial score (nSPS) is 10.3. The Morgan fingerprint density at radius 3 is 2.83 bits per heavy atom. The molecule has 3 rings (SSSR count). The lowest BCUT2D eigenvalue weighted by Gasteiger charge is -2.12. The molecular formula is C18H17N3O2. The average Bonchev–Trinajstić information content (AvgIpc) is 3.07. The summed E-state index contributed by atoms with van der Waals surface area (Å²) in [4.78, 5) is 16.7. The molecule has 0 aliphatic rings. The van der Waals surface area contributed by atoms with Crippen LogP contribution in [-0.2, 0) is 0 Å². The molecule has 1 N–H and O–H groups in total. The quantitative estimate of drug-likeness (QED) is 0.784. The first-order valence-electron chi connectivity index (χ1n) is 7.40. The lowest BCUT2D eigenvalue weighted by atomic mass is 10.2. The van der Waals surface area contributed by atoms with E-state index in [4.69, 9.17) is 4.74 Å². The molecule has 0 saturated carbocycles. The van der Waals surface area contributed by atoms with Gasteiger partial charge in [-0.05, 0) is 43.3 Å². The van der Waals surface area contributed by atoms with Crippen LogP contribution in [0.15, 0.2) is 67.1 Å². The largest absolute Gasteiger partial charge is 0.492 e. The number of ether oxygens (including phenoxy) is 1. The predicted molar refractivity (Wildman–Crippen MR) is 89.1 cm³/mol. The monoisotopic (exact) mass is 307 g/mol. The summed E-state index contributed by atoms with van der Waals surface area (Å²) in [6.45, 7) is 2.45. The van der Waals surface area contributed by atoms with Gasteiger partial charge in [0.2, 0.25) is 0 Å². The van der Waals surface area contributed by atoms with Gasteiger partial charge in [-0.1, -0.05) is 12.1 Å². The van der Waals surface area contributed by atoms with E-state index in [1.165, 1.54) is 0 Å². The van der Waals surface area contributed by atoms with E-state index in [1.807, 2.05) is 55.6 Å². The maximum atomic E-state index is 12.6. The van der Waals surface area contributed by atoms with E-state index in [0.29, 0.717) is 23.7 Å². The minimum atomic E-state index is -0.203. The van der Waals surface area contributed by atoms with Gasteiger partial charge in [-0.15, -0.1) is 0 Å². The molecular weight excluding hydrogens is 290 g/mol. The van der Waals surface area contributed by atoms with Gasteiger partial charge in [0.1, 0.15) is 11.4 Å². The number of carbonyl (C=O) groups excluding carboxylic acids is 1. The molecule has 0 unspecified atom stereocenters. The Hall–Kier alpha value is -3.08. The number of rotatable bonds is 5. The molecule has 0 atom stereocenters. The van der Waals surface area contributed by atoms with Crippen LogP contribution in [-0.4, -0.2) is 22.1 Å². The SMILES string of the molecule is CCOc1ccccc1NC(=O)c1cccn1-c1cccnc1. The molecule has 0 aliphatic carbocycles. The van der Waals surface area contributed by atoms with Crippen molar-refractivity contribution in [2.45, 2.75) is 6.92 Å². The van der Waals surface area contributed by atoms with Crippen molar-refractivity contribution in [2.24, 2.45) is 0 Å². The number of benzene rings is 1. The van der Waals surface area contributed by atoms with Gasteiger partial charge in [0, 0.05) is 12.4 Å². The zero-order valence-electron chi connectivity index (χ0n) is 12.8. The molecule has 116 valence electrons. The summed E-state index contributed by atoms with van der Waals surface area (Å²) >= 11 is 0. The first-order valence-corrected chi connectivity index (χ1v) is 7.40. The summed E-state index contributed by atoms with van der Waals surface area (Å²) in [6, 6.07) is 14.7. The van der Waals surface area contributed by atoms with Crippen LogP contribution in [0.1, 0.15) is 17.4 Å². The van der Waals surface area contributed by atoms with Crippen LogP contribution in [0.2, 0.25) is 0 Å². The molecule has 0 saturated heterocycles. The van der Waals surface area contributed by atoms with Gasteiger partial charge in [0.25, 0.3) is 5.91 Å². The van der Waals surface area contributed by atoms with Crippen molar-refractivity contribution in [3.8, 4) is 11.4 Å². The minimum absolute atomic E-state index is 0.203. The number of nitrogens with one attached hydrogen (secondary N) is 1. The number of nitrogens with zero attached hydrogens (tertiary/aromatic N) is 2. The highest BCUT2D eigenvalue weighted by atomic mass is 16.5. The average molecular weight is 307 g/mol. The Bertz CT molecular complexity index is 797. The summed E-state index contributed by atoms with van der Waals surface area (Å²) in [5.74, 6) is 0.453. The summed E-state index contributed by atoms with van der Waals surface area (Å²) in [7, 11) is 0. The Morgan fingerprint density at radius 2 is 2.04 bits per heavy atom. The number of carbonyl (C=O) groups is 1. The third kappa shape index (κ3) is 3.23. The maximum Gasteiger partial charge on any atom is 0.272 e. The third-order valence-corrected chi connectivity index (χ3v) is 3.34. The second-order valence-electron chi connectivity index (χ2n) is 4.86. The van der Waals surface area contributed by atoms with Crippen molar-refractivity contribution in [3.63, 3.8) is 0 Å². The fourth-order valence-corrected chi connectivity index (χ4v) is 2.32. The Balaban J connectivity index is 1.87. The highest BCUT2D eigenvalue weighted by Gasteiger charge is 2.14. The van der Waals surface area contributed by atoms with E-state index in [9.17, 15) is 4.79 Å². The lowest BCUT2D eigenvalue weighted by molar-refractivity contribution is 0.102. The van der Waals surface area contributed by atoms with Crippen LogP contribution in [0, 0.1) is 0 Å². The molecule has 0 fully saturated rings. The standard InChI is InChI=1S/C18H17N3O2/c1-2-23-17-10-4-3-8-15(17)20-18(22)16-9-6-12-21(16)14-7-5-11-19-13-14/h3-13H,2H2,1H3,(H,20,22). The van der Waals surface area contributed by atoms with Crippen molar-refractivity contribution < 1.29 is 9.53 Å². The van der Waals surface area contributed by atoms with Crippen LogP contribution < -0.4 is 10.1 Å². The Morgan fingerprint density at radius 1 is 1.17 bits per heavy atom. The molecule has 3 aromatic rings. The topological polar surface area (TPSA) is 56.1 Å². The van der Waals surface area contributed by atoms with Crippen LogP contribution in [0.25, 0.3) is 5.69 Å². The molecule has 23 heavy (non-hydrogen) atoms. The van der Waals surface area contributed by atoms with Crippen LogP contribution >= 0.6 is 0 Å². The summed E-state index contributed by atoms with van der Waals surface area (Å²) in [5.41, 5.74) is 2.02. The number of para-hydroxylation sites is 2. The second kappa shape index (κ2) is 6.79. The minimum Gasteiger partial charge on any atom is -0.492 e. The van der Waals surface area contributed by atoms with E-state index < -0.39 is 0 Å². The third-order valence-electron chi connectivity index (χ3n) is 3.34. The van der Waals surface area contributed by atoms with E-state index in [-0.39, 0.29) is 5.91 Å². The molecule has 1 aromatic carbocycles. The van der Waals surface area contributed by atoms with Crippen LogP contribution in [0.3, 0.4) is 0 Å². The molecule has 0 aliphatic heterocycles. The van der Waals surface area contributed by atoms with Crippen molar-refractivity contribution in [2.75, 3.05) is 11.9 Å². The highest BCUT2D eigenvalue weighted by Crippen LogP contribution is 2.24. The van der Waals surface area contributed by atoms with Crippen molar-refractivity contribution in [1.29, 1.82) is 0 Å². The van der Waals surface area contributed by atoms with Crippen molar-refractivity contribution in [3.05, 3.63) is 72.8 Å². The second-order valence-corrected chi connectivity index (χ2v) is 4.86. The number of hydrogen-bond acceptors (Lipinski definition) is 3. The maximum absolute atomic E-state index is 12.6. The van der Waals surface area contributed by atoms with E-state index in [2.05, 4.69) is 10.3 Å². The lowest BCUT2D eigenvalue weighted by Crippen LogP contribution is -2.16. The van der Waals surface area contributed by atoms with Gasteiger partial charge in [-0.2, -0.15) is 0 Å². The predicted octanol–water partition coefficient (Wildman–Crippen LogP) is 3.52. The summed E-state index contributed by atoms with van der Waals surface area (Å²) in [5, 5.41) is 2.90. The number of pyridine rings is 1. The molecule has 0 spiro atoms. The van der Waals surface area contributed by atoms with Crippen molar-refractivity contribution in [1.82, 2.24) is 9.55 Å². The number of hydrogen-bond donors (Lipinski definition) is 1. The van der Waals surface area contributed by atoms with Gasteiger partial charge >= 0.3 is 0 Å². The van der Waals surface area contributed by atoms with Crippen LogP contribution in [0.5, 0.6) is 5.75 Å². The van der Waals surface area contributed by atoms with E-state index >= 15 is 0 Å². The first kappa shape index (κ1) is 14.8. The Labute approximate surface area is 134 Å². The van der Waals surface area contributed by atoms with Gasteiger partial charge in [-0.25, -0.2) is 0 Å². The molecule has 1 amide bonds. The molecule has 2 aromatic heterocycles. The zero-order valence-corrected chi connectivity index (χ0v) is 12.8. The number of aromatic nitrogens is 2. The molecule has 0 bridgehead atoms. The van der Waals surface area contributed by atoms with E-state index in [0.717, 1.165) is 5.69 Å². The van der Waals surface area contributed by atoms with Gasteiger partial charge < -0.3 is 14.6 Å². The smallest absolute Gasteiger partial charge is 0.272 e.